The van der Waals surface area contributed by atoms with Crippen LogP contribution in [0.3, 0.4) is 0 Å². The third kappa shape index (κ3) is 7.12. The van der Waals surface area contributed by atoms with Crippen LogP contribution < -0.4 is 24.8 Å². The van der Waals surface area contributed by atoms with Crippen LogP contribution in [0.4, 0.5) is 20.2 Å². The van der Waals surface area contributed by atoms with Gasteiger partial charge in [0.15, 0.2) is 23.1 Å². The van der Waals surface area contributed by atoms with Crippen molar-refractivity contribution >= 4 is 40.0 Å². The van der Waals surface area contributed by atoms with E-state index in [1.807, 2.05) is 4.90 Å². The molecule has 1 aliphatic carbocycles. The van der Waals surface area contributed by atoms with E-state index in [1.165, 1.54) is 54.6 Å². The third-order valence-corrected chi connectivity index (χ3v) is 8.99. The number of aromatic nitrogens is 1. The van der Waals surface area contributed by atoms with E-state index in [-0.39, 0.29) is 35.9 Å². The maximum atomic E-state index is 15.7. The number of nitrogens with two attached hydrogens (primary N) is 1. The van der Waals surface area contributed by atoms with Gasteiger partial charge in [-0.25, -0.2) is 8.78 Å². The van der Waals surface area contributed by atoms with Crippen molar-refractivity contribution in [2.24, 2.45) is 11.1 Å². The molecule has 0 radical (unpaired) electrons. The number of rotatable bonds is 12. The number of nitrogens with zero attached hydrogens (tertiary/aromatic N) is 4. The van der Waals surface area contributed by atoms with Crippen LogP contribution in [0.5, 0.6) is 23.0 Å². The van der Waals surface area contributed by atoms with Gasteiger partial charge in [-0.2, -0.15) is 0 Å². The van der Waals surface area contributed by atoms with Crippen LogP contribution in [0.15, 0.2) is 66.9 Å². The number of pyridine rings is 1. The predicted molar refractivity (Wildman–Crippen MR) is 178 cm³/mol. The lowest BCUT2D eigenvalue weighted by Crippen LogP contribution is -2.48. The largest absolute Gasteiger partial charge is 0.493 e. The van der Waals surface area contributed by atoms with Crippen molar-refractivity contribution in [3.05, 3.63) is 78.5 Å². The first-order valence-electron chi connectivity index (χ1n) is 16.0. The highest BCUT2D eigenvalue weighted by atomic mass is 19.1. The zero-order chi connectivity index (χ0) is 34.7. The second-order valence-corrected chi connectivity index (χ2v) is 12.2. The van der Waals surface area contributed by atoms with Crippen molar-refractivity contribution in [1.82, 2.24) is 14.8 Å². The Morgan fingerprint density at radius 2 is 1.61 bits per heavy atom. The summed E-state index contributed by atoms with van der Waals surface area (Å²) in [5.41, 5.74) is 5.08. The smallest absolute Gasteiger partial charge is 0.247 e. The van der Waals surface area contributed by atoms with E-state index in [9.17, 15) is 18.8 Å². The van der Waals surface area contributed by atoms with Gasteiger partial charge >= 0.3 is 0 Å². The van der Waals surface area contributed by atoms with Gasteiger partial charge < -0.3 is 24.8 Å². The maximum absolute atomic E-state index is 15.7. The number of hydrogen-bond donors (Lipinski definition) is 1. The van der Waals surface area contributed by atoms with Crippen LogP contribution in [0.25, 0.3) is 10.9 Å². The summed E-state index contributed by atoms with van der Waals surface area (Å²) in [4.78, 5) is 47.1. The molecule has 0 unspecified atom stereocenters. The van der Waals surface area contributed by atoms with Crippen molar-refractivity contribution in [2.75, 3.05) is 51.3 Å². The number of amides is 3. The minimum absolute atomic E-state index is 0.101. The van der Waals surface area contributed by atoms with Gasteiger partial charge in [-0.05, 0) is 67.8 Å². The Labute approximate surface area is 282 Å². The van der Waals surface area contributed by atoms with Crippen molar-refractivity contribution in [1.29, 1.82) is 0 Å². The van der Waals surface area contributed by atoms with Gasteiger partial charge in [-0.1, -0.05) is 0 Å². The number of primary amides is 1. The van der Waals surface area contributed by atoms with E-state index in [1.54, 1.807) is 25.1 Å². The SMILES string of the molecule is COc1cc2c(Oc3ccc(N(C(=O)C4(C(N)=O)CC4)c4ccc(F)cc4)cc3F)ccnc2cc1OCCCN1CCN(C(C)=O)CC1. The Morgan fingerprint density at radius 1 is 0.898 bits per heavy atom. The molecule has 2 aliphatic rings. The molecule has 1 saturated heterocycles. The number of methoxy groups -OCH3 is 1. The molecule has 2 heterocycles. The van der Waals surface area contributed by atoms with Crippen LogP contribution in [0.1, 0.15) is 26.2 Å². The summed E-state index contributed by atoms with van der Waals surface area (Å²) in [6.07, 6.45) is 2.86. The first-order chi connectivity index (χ1) is 23.6. The van der Waals surface area contributed by atoms with Gasteiger partial charge in [0.05, 0.1) is 24.9 Å². The van der Waals surface area contributed by atoms with Crippen LogP contribution in [-0.2, 0) is 14.4 Å². The molecule has 256 valence electrons. The van der Waals surface area contributed by atoms with E-state index in [0.717, 1.165) is 45.2 Å². The summed E-state index contributed by atoms with van der Waals surface area (Å²) in [5, 5.41) is 0.554. The van der Waals surface area contributed by atoms with Crippen molar-refractivity contribution in [3.63, 3.8) is 0 Å². The molecule has 1 aromatic heterocycles. The molecule has 2 fully saturated rings. The number of hydrogen-bond acceptors (Lipinski definition) is 8. The van der Waals surface area contributed by atoms with Gasteiger partial charge in [0.2, 0.25) is 17.7 Å². The quantitative estimate of drug-likeness (QED) is 0.161. The summed E-state index contributed by atoms with van der Waals surface area (Å²) >= 11 is 0. The lowest BCUT2D eigenvalue weighted by atomic mass is 10.0. The Balaban J connectivity index is 1.18. The van der Waals surface area contributed by atoms with Crippen LogP contribution in [-0.4, -0.2) is 78.9 Å². The zero-order valence-corrected chi connectivity index (χ0v) is 27.3. The summed E-state index contributed by atoms with van der Waals surface area (Å²) in [5.74, 6) is -1.42. The van der Waals surface area contributed by atoms with Gasteiger partial charge in [0.1, 0.15) is 17.0 Å². The van der Waals surface area contributed by atoms with E-state index in [2.05, 4.69) is 9.88 Å². The summed E-state index contributed by atoms with van der Waals surface area (Å²) in [6, 6.07) is 14.1. The van der Waals surface area contributed by atoms with Gasteiger partial charge in [0, 0.05) is 69.1 Å². The summed E-state index contributed by atoms with van der Waals surface area (Å²) in [6.45, 7) is 5.99. The monoisotopic (exact) mass is 673 g/mol. The average Bonchev–Trinajstić information content (AvgIpc) is 3.91. The maximum Gasteiger partial charge on any atom is 0.247 e. The van der Waals surface area contributed by atoms with Crippen molar-refractivity contribution in [2.45, 2.75) is 26.2 Å². The first kappa shape index (κ1) is 33.6. The molecular weight excluding hydrogens is 636 g/mol. The highest BCUT2D eigenvalue weighted by Crippen LogP contribution is 2.49. The lowest BCUT2D eigenvalue weighted by molar-refractivity contribution is -0.133. The van der Waals surface area contributed by atoms with Gasteiger partial charge in [-0.3, -0.25) is 29.2 Å². The van der Waals surface area contributed by atoms with E-state index in [0.29, 0.717) is 34.8 Å². The Morgan fingerprint density at radius 3 is 2.24 bits per heavy atom. The van der Waals surface area contributed by atoms with Crippen molar-refractivity contribution < 1.29 is 37.4 Å². The molecule has 1 saturated carbocycles. The van der Waals surface area contributed by atoms with E-state index in [4.69, 9.17) is 19.9 Å². The fourth-order valence-corrected chi connectivity index (χ4v) is 5.95. The molecule has 13 heteroatoms. The fourth-order valence-electron chi connectivity index (χ4n) is 5.95. The number of carbonyl (C=O) groups is 3. The zero-order valence-electron chi connectivity index (χ0n) is 27.3. The molecule has 0 atom stereocenters. The van der Waals surface area contributed by atoms with Gasteiger partial charge in [0.25, 0.3) is 0 Å². The average molecular weight is 674 g/mol. The Hall–Kier alpha value is -5.30. The Kier molecular flexibility index (Phi) is 9.63. The molecule has 3 amide bonds. The second-order valence-electron chi connectivity index (χ2n) is 12.2. The number of ether oxygens (including phenoxy) is 3. The molecule has 0 spiro atoms. The highest BCUT2D eigenvalue weighted by molar-refractivity contribution is 6.16. The Bertz CT molecular complexity index is 1880. The number of carbonyl (C=O) groups excluding carboxylic acids is 3. The minimum Gasteiger partial charge on any atom is -0.493 e. The predicted octanol–water partition coefficient (Wildman–Crippen LogP) is 5.18. The van der Waals surface area contributed by atoms with Gasteiger partial charge in [-0.15, -0.1) is 0 Å². The first-order valence-corrected chi connectivity index (χ1v) is 16.0. The molecule has 11 nitrogen and oxygen atoms in total. The highest BCUT2D eigenvalue weighted by Gasteiger charge is 2.57. The molecule has 4 aromatic rings. The van der Waals surface area contributed by atoms with Crippen molar-refractivity contribution in [3.8, 4) is 23.0 Å². The molecule has 0 bridgehead atoms. The second kappa shape index (κ2) is 14.0. The number of fused-ring (bicyclic) bond motifs is 1. The minimum atomic E-state index is -1.40. The topological polar surface area (TPSA) is 128 Å². The number of piperazine rings is 1. The fraction of sp³-hybridized carbons (Fsp3) is 0.333. The number of benzene rings is 3. The van der Waals surface area contributed by atoms with E-state index >= 15 is 4.39 Å². The van der Waals surface area contributed by atoms with E-state index < -0.39 is 28.9 Å². The molecule has 3 aromatic carbocycles. The molecular formula is C36H37F2N5O6. The lowest BCUT2D eigenvalue weighted by Gasteiger charge is -2.34. The normalized spacial score (nSPS) is 15.5. The van der Waals surface area contributed by atoms with Crippen LogP contribution >= 0.6 is 0 Å². The summed E-state index contributed by atoms with van der Waals surface area (Å²) in [7, 11) is 1.52. The number of halogens is 2. The number of anilines is 2. The summed E-state index contributed by atoms with van der Waals surface area (Å²) < 4.78 is 47.1. The third-order valence-electron chi connectivity index (χ3n) is 8.99. The molecule has 6 rings (SSSR count). The van der Waals surface area contributed by atoms with Crippen LogP contribution in [0.2, 0.25) is 0 Å². The molecule has 1 aliphatic heterocycles. The molecule has 2 N–H and O–H groups in total. The standard InChI is InChI=1S/C36H37F2N5O6/c1-23(44)42-17-15-41(16-18-42)14-3-19-48-33-22-29-27(21-32(33)47-2)30(10-13-40-29)49-31-9-8-26(20-28(31)38)43(25-6-4-24(37)5-7-25)35(46)36(11-12-36)34(39)45/h4-10,13,20-22H,3,11-12,14-19H2,1-2H3,(H2,39,45). The molecule has 49 heavy (non-hydrogen) atoms. The van der Waals surface area contributed by atoms with Crippen LogP contribution in [0, 0.1) is 17.0 Å².